The Labute approximate surface area is 220 Å². The molecule has 2 amide bonds. The number of likely N-dealkylation sites (tertiary alicyclic amines) is 1. The third-order valence-corrected chi connectivity index (χ3v) is 7.09. The second kappa shape index (κ2) is 13.2. The lowest BCUT2D eigenvalue weighted by atomic mass is 9.90. The zero-order valence-electron chi connectivity index (χ0n) is 21.9. The average molecular weight is 499 g/mol. The molecule has 0 radical (unpaired) electrons. The van der Waals surface area contributed by atoms with E-state index >= 15 is 0 Å². The molecule has 6 heteroatoms. The summed E-state index contributed by atoms with van der Waals surface area (Å²) in [6, 6.07) is 22.0. The molecule has 2 aromatic carbocycles. The third kappa shape index (κ3) is 7.49. The van der Waals surface area contributed by atoms with Gasteiger partial charge in [-0.3, -0.25) is 14.6 Å². The van der Waals surface area contributed by atoms with Gasteiger partial charge in [0.15, 0.2) is 0 Å². The topological polar surface area (TPSA) is 74.3 Å². The van der Waals surface area contributed by atoms with Gasteiger partial charge in [-0.05, 0) is 67.6 Å². The molecule has 0 unspecified atom stereocenters. The van der Waals surface area contributed by atoms with E-state index in [1.54, 1.807) is 6.20 Å². The Hall–Kier alpha value is -3.51. The van der Waals surface area contributed by atoms with Crippen LogP contribution in [0.4, 0.5) is 5.69 Å². The second-order valence-electron chi connectivity index (χ2n) is 10.2. The summed E-state index contributed by atoms with van der Waals surface area (Å²) in [6.45, 7) is 7.46. The monoisotopic (exact) mass is 498 g/mol. The molecule has 6 nitrogen and oxygen atoms in total. The number of hydrogen-bond acceptors (Lipinski definition) is 4. The molecule has 4 rings (SSSR count). The van der Waals surface area contributed by atoms with Crippen molar-refractivity contribution in [2.75, 3.05) is 31.5 Å². The van der Waals surface area contributed by atoms with E-state index in [0.717, 1.165) is 55.7 Å². The first kappa shape index (κ1) is 26.6. The predicted octanol–water partition coefficient (Wildman–Crippen LogP) is 5.19. The van der Waals surface area contributed by atoms with Crippen LogP contribution in [0.15, 0.2) is 79.1 Å². The maximum absolute atomic E-state index is 13.2. The third-order valence-electron chi connectivity index (χ3n) is 7.09. The number of amides is 2. The number of piperidine rings is 1. The van der Waals surface area contributed by atoms with Crippen molar-refractivity contribution in [3.05, 3.63) is 95.8 Å². The van der Waals surface area contributed by atoms with Crippen molar-refractivity contribution >= 4 is 17.5 Å². The lowest BCUT2D eigenvalue weighted by Gasteiger charge is -2.32. The fourth-order valence-electron chi connectivity index (χ4n) is 4.93. The highest BCUT2D eigenvalue weighted by molar-refractivity contribution is 5.92. The van der Waals surface area contributed by atoms with Crippen LogP contribution in [-0.2, 0) is 9.59 Å². The lowest BCUT2D eigenvalue weighted by Crippen LogP contribution is -2.36. The van der Waals surface area contributed by atoms with Crippen LogP contribution >= 0.6 is 0 Å². The summed E-state index contributed by atoms with van der Waals surface area (Å²) < 4.78 is 0. The normalized spacial score (nSPS) is 14.6. The van der Waals surface area contributed by atoms with Gasteiger partial charge in [-0.15, -0.1) is 0 Å². The Bertz CT molecular complexity index is 1100. The first-order valence-electron chi connectivity index (χ1n) is 13.4. The molecule has 0 aliphatic carbocycles. The van der Waals surface area contributed by atoms with Crippen LogP contribution in [0.5, 0.6) is 0 Å². The van der Waals surface area contributed by atoms with E-state index in [-0.39, 0.29) is 23.7 Å². The largest absolute Gasteiger partial charge is 0.355 e. The standard InChI is InChI=1S/C31H38N4O2/c1-23(2)30(36)34-28-20-27(21-32-22-28)24-14-18-35(19-15-24)17-9-16-33-31(37)29(25-10-5-3-6-11-25)26-12-7-4-8-13-26/h3-8,10-13,20-24,29H,9,14-19H2,1-2H3,(H,33,37)(H,34,36). The van der Waals surface area contributed by atoms with Gasteiger partial charge in [-0.1, -0.05) is 74.5 Å². The minimum Gasteiger partial charge on any atom is -0.355 e. The minimum atomic E-state index is -0.298. The van der Waals surface area contributed by atoms with Gasteiger partial charge >= 0.3 is 0 Å². The summed E-state index contributed by atoms with van der Waals surface area (Å²) in [7, 11) is 0. The zero-order chi connectivity index (χ0) is 26.0. The summed E-state index contributed by atoms with van der Waals surface area (Å²) in [5.74, 6) is 0.164. The number of aromatic nitrogens is 1. The molecule has 0 bridgehead atoms. The van der Waals surface area contributed by atoms with Crippen LogP contribution < -0.4 is 10.6 Å². The molecule has 3 aromatic rings. The lowest BCUT2D eigenvalue weighted by molar-refractivity contribution is -0.121. The van der Waals surface area contributed by atoms with Crippen molar-refractivity contribution in [1.29, 1.82) is 0 Å². The van der Waals surface area contributed by atoms with Crippen LogP contribution in [0.2, 0.25) is 0 Å². The van der Waals surface area contributed by atoms with E-state index < -0.39 is 0 Å². The fraction of sp³-hybridized carbons (Fsp3) is 0.387. The highest BCUT2D eigenvalue weighted by atomic mass is 16.2. The zero-order valence-corrected chi connectivity index (χ0v) is 21.9. The molecule has 2 N–H and O–H groups in total. The summed E-state index contributed by atoms with van der Waals surface area (Å²) in [4.78, 5) is 32.0. The Morgan fingerprint density at radius 2 is 1.54 bits per heavy atom. The Balaban J connectivity index is 1.23. The molecular formula is C31H38N4O2. The molecular weight excluding hydrogens is 460 g/mol. The smallest absolute Gasteiger partial charge is 0.232 e. The molecule has 1 aliphatic rings. The second-order valence-corrected chi connectivity index (χ2v) is 10.2. The Morgan fingerprint density at radius 1 is 0.919 bits per heavy atom. The van der Waals surface area contributed by atoms with E-state index in [1.165, 1.54) is 5.56 Å². The summed E-state index contributed by atoms with van der Waals surface area (Å²) in [6.07, 6.45) is 6.70. The molecule has 1 saturated heterocycles. The van der Waals surface area contributed by atoms with Gasteiger partial charge in [0.1, 0.15) is 0 Å². The van der Waals surface area contributed by atoms with Crippen LogP contribution in [0, 0.1) is 5.92 Å². The van der Waals surface area contributed by atoms with Crippen LogP contribution in [-0.4, -0.2) is 47.9 Å². The number of anilines is 1. The predicted molar refractivity (Wildman–Crippen MR) is 148 cm³/mol. The summed E-state index contributed by atoms with van der Waals surface area (Å²) in [5.41, 5.74) is 3.99. The van der Waals surface area contributed by atoms with E-state index in [4.69, 9.17) is 0 Å². The van der Waals surface area contributed by atoms with E-state index in [1.807, 2.05) is 80.7 Å². The molecule has 0 spiro atoms. The van der Waals surface area contributed by atoms with Crippen LogP contribution in [0.3, 0.4) is 0 Å². The molecule has 0 saturated carbocycles. The summed E-state index contributed by atoms with van der Waals surface area (Å²) in [5, 5.41) is 6.13. The minimum absolute atomic E-state index is 0.0136. The van der Waals surface area contributed by atoms with Crippen LogP contribution in [0.1, 0.15) is 61.6 Å². The first-order chi connectivity index (χ1) is 18.0. The molecule has 1 aromatic heterocycles. The Morgan fingerprint density at radius 3 is 2.14 bits per heavy atom. The van der Waals surface area contributed by atoms with Crippen LogP contribution in [0.25, 0.3) is 0 Å². The highest BCUT2D eigenvalue weighted by Crippen LogP contribution is 2.29. The van der Waals surface area contributed by atoms with Crippen molar-refractivity contribution in [3.8, 4) is 0 Å². The number of carbonyl (C=O) groups excluding carboxylic acids is 2. The molecule has 2 heterocycles. The number of hydrogen-bond donors (Lipinski definition) is 2. The van der Waals surface area contributed by atoms with Gasteiger partial charge in [0.25, 0.3) is 0 Å². The van der Waals surface area contributed by atoms with Crippen molar-refractivity contribution in [3.63, 3.8) is 0 Å². The summed E-state index contributed by atoms with van der Waals surface area (Å²) >= 11 is 0. The van der Waals surface area contributed by atoms with Gasteiger partial charge < -0.3 is 15.5 Å². The quantitative estimate of drug-likeness (QED) is 0.377. The maximum Gasteiger partial charge on any atom is 0.232 e. The maximum atomic E-state index is 13.2. The van der Waals surface area contributed by atoms with Gasteiger partial charge in [-0.2, -0.15) is 0 Å². The molecule has 1 aliphatic heterocycles. The van der Waals surface area contributed by atoms with E-state index in [0.29, 0.717) is 12.5 Å². The molecule has 1 fully saturated rings. The van der Waals surface area contributed by atoms with Crippen molar-refractivity contribution in [2.24, 2.45) is 5.92 Å². The Kier molecular flexibility index (Phi) is 9.44. The van der Waals surface area contributed by atoms with Crippen molar-refractivity contribution in [1.82, 2.24) is 15.2 Å². The molecule has 37 heavy (non-hydrogen) atoms. The van der Waals surface area contributed by atoms with Crippen molar-refractivity contribution < 1.29 is 9.59 Å². The van der Waals surface area contributed by atoms with E-state index in [9.17, 15) is 9.59 Å². The first-order valence-corrected chi connectivity index (χ1v) is 13.4. The molecule has 194 valence electrons. The SMILES string of the molecule is CC(C)C(=O)Nc1cncc(C2CCN(CCCNC(=O)C(c3ccccc3)c3ccccc3)CC2)c1. The van der Waals surface area contributed by atoms with Gasteiger partial charge in [0.05, 0.1) is 17.8 Å². The van der Waals surface area contributed by atoms with E-state index in [2.05, 4.69) is 26.6 Å². The number of nitrogens with zero attached hydrogens (tertiary/aromatic N) is 2. The number of nitrogens with one attached hydrogen (secondary N) is 2. The van der Waals surface area contributed by atoms with Gasteiger partial charge in [0, 0.05) is 18.7 Å². The number of rotatable bonds is 10. The number of carbonyl (C=O) groups is 2. The number of pyridine rings is 1. The van der Waals surface area contributed by atoms with Crippen molar-refractivity contribution in [2.45, 2.75) is 44.9 Å². The van der Waals surface area contributed by atoms with Gasteiger partial charge in [0.2, 0.25) is 11.8 Å². The average Bonchev–Trinajstić information content (AvgIpc) is 2.93. The van der Waals surface area contributed by atoms with Gasteiger partial charge in [-0.25, -0.2) is 0 Å². The molecule has 0 atom stereocenters. The number of benzene rings is 2. The highest BCUT2D eigenvalue weighted by Gasteiger charge is 2.23. The fourth-order valence-corrected chi connectivity index (χ4v) is 4.93.